The van der Waals surface area contributed by atoms with E-state index in [1.165, 1.54) is 18.4 Å². The van der Waals surface area contributed by atoms with Crippen LogP contribution in [0.15, 0.2) is 29.4 Å². The molecule has 0 amide bonds. The first-order chi connectivity index (χ1) is 9.60. The van der Waals surface area contributed by atoms with Crippen LogP contribution in [0.1, 0.15) is 24.0 Å². The molecule has 0 bridgehead atoms. The maximum absolute atomic E-state index is 8.75. The lowest BCUT2D eigenvalue weighted by molar-refractivity contribution is 0.201. The molecule has 1 atom stereocenters. The predicted octanol–water partition coefficient (Wildman–Crippen LogP) is 1.31. The molecule has 0 saturated carbocycles. The summed E-state index contributed by atoms with van der Waals surface area (Å²) in [5, 5.41) is 11.8. The number of likely N-dealkylation sites (N-methyl/N-ethyl adjacent to an activating group) is 1. The minimum absolute atomic E-state index is 0.165. The highest BCUT2D eigenvalue weighted by atomic mass is 16.4. The number of amidine groups is 1. The number of hydrogen-bond acceptors (Lipinski definition) is 4. The summed E-state index contributed by atoms with van der Waals surface area (Å²) in [5.41, 5.74) is 7.62. The first kappa shape index (κ1) is 14.8. The van der Waals surface area contributed by atoms with Crippen molar-refractivity contribution in [2.24, 2.45) is 10.9 Å². The van der Waals surface area contributed by atoms with Crippen molar-refractivity contribution >= 4 is 5.84 Å². The van der Waals surface area contributed by atoms with E-state index in [2.05, 4.69) is 35.1 Å². The van der Waals surface area contributed by atoms with Crippen LogP contribution < -0.4 is 5.73 Å². The Morgan fingerprint density at radius 3 is 3.00 bits per heavy atom. The van der Waals surface area contributed by atoms with Gasteiger partial charge in [-0.2, -0.15) is 0 Å². The van der Waals surface area contributed by atoms with Gasteiger partial charge >= 0.3 is 0 Å². The highest BCUT2D eigenvalue weighted by molar-refractivity contribution is 5.97. The summed E-state index contributed by atoms with van der Waals surface area (Å²) < 4.78 is 0. The third-order valence-corrected chi connectivity index (χ3v) is 3.79. The zero-order valence-corrected chi connectivity index (χ0v) is 12.3. The van der Waals surface area contributed by atoms with E-state index in [0.29, 0.717) is 6.04 Å². The number of oxime groups is 1. The first-order valence-electron chi connectivity index (χ1n) is 7.06. The summed E-state index contributed by atoms with van der Waals surface area (Å²) in [6.45, 7) is 3.16. The van der Waals surface area contributed by atoms with Gasteiger partial charge in [0.05, 0.1) is 0 Å². The van der Waals surface area contributed by atoms with E-state index < -0.39 is 0 Å². The average Bonchev–Trinajstić information content (AvgIpc) is 2.84. The molecule has 5 nitrogen and oxygen atoms in total. The van der Waals surface area contributed by atoms with Gasteiger partial charge in [-0.1, -0.05) is 23.4 Å². The second kappa shape index (κ2) is 6.72. The fourth-order valence-electron chi connectivity index (χ4n) is 2.85. The normalized spacial score (nSPS) is 20.8. The Morgan fingerprint density at radius 1 is 1.50 bits per heavy atom. The summed E-state index contributed by atoms with van der Waals surface area (Å²) in [6.07, 6.45) is 2.52. The Morgan fingerprint density at radius 2 is 2.30 bits per heavy atom. The first-order valence-corrected chi connectivity index (χ1v) is 7.06. The highest BCUT2D eigenvalue weighted by Gasteiger charge is 2.24. The minimum atomic E-state index is 0.165. The van der Waals surface area contributed by atoms with Crippen molar-refractivity contribution in [2.75, 3.05) is 27.2 Å². The monoisotopic (exact) mass is 276 g/mol. The maximum Gasteiger partial charge on any atom is 0.170 e. The highest BCUT2D eigenvalue weighted by Crippen LogP contribution is 2.20. The van der Waals surface area contributed by atoms with Gasteiger partial charge in [0.25, 0.3) is 0 Å². The molecule has 1 aromatic rings. The van der Waals surface area contributed by atoms with Crippen molar-refractivity contribution in [1.82, 2.24) is 9.80 Å². The van der Waals surface area contributed by atoms with Crippen molar-refractivity contribution in [3.8, 4) is 0 Å². The van der Waals surface area contributed by atoms with E-state index in [1.54, 1.807) is 0 Å². The molecule has 3 N–H and O–H groups in total. The molecule has 2 rings (SSSR count). The van der Waals surface area contributed by atoms with Crippen LogP contribution in [0.5, 0.6) is 0 Å². The van der Waals surface area contributed by atoms with Crippen LogP contribution >= 0.6 is 0 Å². The summed E-state index contributed by atoms with van der Waals surface area (Å²) in [4.78, 5) is 4.77. The van der Waals surface area contributed by atoms with Gasteiger partial charge in [0.1, 0.15) is 0 Å². The van der Waals surface area contributed by atoms with Crippen LogP contribution in [0, 0.1) is 0 Å². The third-order valence-electron chi connectivity index (χ3n) is 3.79. The number of hydrogen-bond donors (Lipinski definition) is 2. The molecule has 0 spiro atoms. The van der Waals surface area contributed by atoms with E-state index in [1.807, 2.05) is 18.2 Å². The molecular formula is C15H24N4O. The Hall–Kier alpha value is -1.59. The Labute approximate surface area is 120 Å². The molecule has 0 aromatic heterocycles. The number of likely N-dealkylation sites (tertiary alicyclic amines) is 1. The zero-order valence-electron chi connectivity index (χ0n) is 12.3. The van der Waals surface area contributed by atoms with Crippen LogP contribution in [0.4, 0.5) is 0 Å². The molecule has 1 saturated heterocycles. The Bertz CT molecular complexity index is 473. The lowest BCUT2D eigenvalue weighted by atomic mass is 10.1. The molecule has 0 radical (unpaired) electrons. The van der Waals surface area contributed by atoms with Crippen molar-refractivity contribution in [2.45, 2.75) is 25.4 Å². The van der Waals surface area contributed by atoms with Crippen LogP contribution in [-0.2, 0) is 6.54 Å². The maximum atomic E-state index is 8.75. The fraction of sp³-hybridized carbons (Fsp3) is 0.533. The SMILES string of the molecule is CN(C)CC1CCCN1Cc1cccc(C(N)=NO)c1. The minimum Gasteiger partial charge on any atom is -0.409 e. The summed E-state index contributed by atoms with van der Waals surface area (Å²) in [7, 11) is 4.24. The third kappa shape index (κ3) is 3.71. The van der Waals surface area contributed by atoms with Crippen LogP contribution in [-0.4, -0.2) is 54.1 Å². The number of nitrogens with two attached hydrogens (primary N) is 1. The van der Waals surface area contributed by atoms with Gasteiger partial charge in [0.2, 0.25) is 0 Å². The van der Waals surface area contributed by atoms with Crippen molar-refractivity contribution < 1.29 is 5.21 Å². The number of benzene rings is 1. The Balaban J connectivity index is 2.05. The summed E-state index contributed by atoms with van der Waals surface area (Å²) in [6, 6.07) is 8.54. The van der Waals surface area contributed by atoms with E-state index in [9.17, 15) is 0 Å². The fourth-order valence-corrected chi connectivity index (χ4v) is 2.85. The number of rotatable bonds is 5. The van der Waals surface area contributed by atoms with E-state index in [-0.39, 0.29) is 5.84 Å². The van der Waals surface area contributed by atoms with Crippen molar-refractivity contribution in [3.05, 3.63) is 35.4 Å². The van der Waals surface area contributed by atoms with Gasteiger partial charge in [-0.05, 0) is 45.1 Å². The van der Waals surface area contributed by atoms with Gasteiger partial charge in [0, 0.05) is 24.7 Å². The van der Waals surface area contributed by atoms with E-state index in [0.717, 1.165) is 25.2 Å². The largest absolute Gasteiger partial charge is 0.409 e. The summed E-state index contributed by atoms with van der Waals surface area (Å²) in [5.74, 6) is 0.165. The quantitative estimate of drug-likeness (QED) is 0.368. The molecule has 0 aliphatic carbocycles. The van der Waals surface area contributed by atoms with Crippen molar-refractivity contribution in [1.29, 1.82) is 0 Å². The van der Waals surface area contributed by atoms with Crippen LogP contribution in [0.25, 0.3) is 0 Å². The molecule has 1 unspecified atom stereocenters. The van der Waals surface area contributed by atoms with Gasteiger partial charge in [-0.3, -0.25) is 4.90 Å². The molecule has 20 heavy (non-hydrogen) atoms. The second-order valence-electron chi connectivity index (χ2n) is 5.71. The molecule has 110 valence electrons. The smallest absolute Gasteiger partial charge is 0.170 e. The summed E-state index contributed by atoms with van der Waals surface area (Å²) >= 11 is 0. The molecule has 1 aromatic carbocycles. The van der Waals surface area contributed by atoms with Gasteiger partial charge in [0.15, 0.2) is 5.84 Å². The number of nitrogens with zero attached hydrogens (tertiary/aromatic N) is 3. The average molecular weight is 276 g/mol. The van der Waals surface area contributed by atoms with E-state index in [4.69, 9.17) is 10.9 Å². The van der Waals surface area contributed by atoms with Gasteiger partial charge < -0.3 is 15.8 Å². The standard InChI is InChI=1S/C15H24N4O/c1-18(2)11-14-7-4-8-19(14)10-12-5-3-6-13(9-12)15(16)17-20/h3,5-6,9,14,20H,4,7-8,10-11H2,1-2H3,(H2,16,17). The van der Waals surface area contributed by atoms with Crippen LogP contribution in [0.2, 0.25) is 0 Å². The van der Waals surface area contributed by atoms with Crippen LogP contribution in [0.3, 0.4) is 0 Å². The molecule has 1 heterocycles. The van der Waals surface area contributed by atoms with Crippen molar-refractivity contribution in [3.63, 3.8) is 0 Å². The molecule has 1 aliphatic rings. The zero-order chi connectivity index (χ0) is 14.5. The second-order valence-corrected chi connectivity index (χ2v) is 5.71. The Kier molecular flexibility index (Phi) is 4.98. The molecular weight excluding hydrogens is 252 g/mol. The molecule has 1 aliphatic heterocycles. The molecule has 1 fully saturated rings. The topological polar surface area (TPSA) is 65.1 Å². The molecule has 5 heteroatoms. The van der Waals surface area contributed by atoms with E-state index >= 15 is 0 Å². The predicted molar refractivity (Wildman–Crippen MR) is 80.9 cm³/mol. The van der Waals surface area contributed by atoms with Gasteiger partial charge in [-0.25, -0.2) is 0 Å². The van der Waals surface area contributed by atoms with Gasteiger partial charge in [-0.15, -0.1) is 0 Å². The lowest BCUT2D eigenvalue weighted by Gasteiger charge is -2.27. The lowest BCUT2D eigenvalue weighted by Crippen LogP contribution is -2.37.